The zero-order chi connectivity index (χ0) is 63.3. The topological polar surface area (TPSA) is 373 Å². The molecule has 0 spiro atoms. The van der Waals surface area contributed by atoms with Gasteiger partial charge in [0.2, 0.25) is 11.8 Å². The molecule has 0 aromatic heterocycles. The molecule has 0 saturated carbocycles. The number of unbranched alkanes of at least 4 members (excludes halogenated alkanes) is 26. The molecule has 3 fully saturated rings. The number of allylic oxidation sites excluding steroid dienone is 3. The van der Waals surface area contributed by atoms with Gasteiger partial charge < -0.3 is 100 Å². The highest BCUT2D eigenvalue weighted by molar-refractivity contribution is 5.77. The Morgan fingerprint density at radius 2 is 1.09 bits per heavy atom. The maximum Gasteiger partial charge on any atom is 0.364 e. The lowest BCUT2D eigenvalue weighted by Gasteiger charge is -2.50. The second kappa shape index (κ2) is 44.6. The number of rotatable bonds is 48. The number of aliphatic hydroxyl groups is 11. The Hall–Kier alpha value is -2.79. The van der Waals surface area contributed by atoms with E-state index < -0.39 is 155 Å². The first-order valence-corrected chi connectivity index (χ1v) is 32.7. The molecule has 3 aliphatic heterocycles. The van der Waals surface area contributed by atoms with Gasteiger partial charge in [-0.25, -0.2) is 4.79 Å². The highest BCUT2D eigenvalue weighted by Gasteiger charge is 2.60. The van der Waals surface area contributed by atoms with Crippen molar-refractivity contribution in [2.24, 2.45) is 0 Å². The summed E-state index contributed by atoms with van der Waals surface area (Å²) in [6, 6.07) is -2.62. The summed E-state index contributed by atoms with van der Waals surface area (Å²) in [6.07, 6.45) is 12.3. The molecular formula is C63H114N2O21. The first kappa shape index (κ1) is 77.5. The lowest BCUT2D eigenvalue weighted by molar-refractivity contribution is -0.386. The number of carbonyl (C=O) groups excluding carboxylic acids is 2. The average molecular weight is 1240 g/mol. The number of aliphatic carboxylic acids is 1. The van der Waals surface area contributed by atoms with Gasteiger partial charge in [0.1, 0.15) is 67.1 Å². The van der Waals surface area contributed by atoms with Crippen LogP contribution in [0.25, 0.3) is 0 Å². The van der Waals surface area contributed by atoms with Crippen LogP contribution in [0.2, 0.25) is 0 Å². The van der Waals surface area contributed by atoms with Gasteiger partial charge in [-0.1, -0.05) is 179 Å². The lowest BCUT2D eigenvalue weighted by atomic mass is 9.88. The summed E-state index contributed by atoms with van der Waals surface area (Å²) in [5.41, 5.74) is 0. The van der Waals surface area contributed by atoms with Crippen molar-refractivity contribution in [3.05, 3.63) is 24.3 Å². The molecule has 14 N–H and O–H groups in total. The predicted molar refractivity (Wildman–Crippen MR) is 320 cm³/mol. The molecule has 0 aromatic rings. The fraction of sp³-hybridized carbons (Fsp3) is 0.889. The second-order valence-corrected chi connectivity index (χ2v) is 24.0. The smallest absolute Gasteiger partial charge is 0.364 e. The SMILES string of the molecule is CCCCCC/C=C\CCCCCCCCCC(=O)NC(COC1OC(CO)C(OC2OC(CO)C(O)C(OC3(C(=O)O)CC(O)C(NC(C)=O)C(C(O)C(O)CO)O3)C2O)C(O)C1O)C(O)/C=C/CCCCCCCCCCCCCCCCC. The molecule has 0 aliphatic carbocycles. The van der Waals surface area contributed by atoms with Gasteiger partial charge in [-0.05, 0) is 44.9 Å². The number of amides is 2. The van der Waals surface area contributed by atoms with Crippen LogP contribution in [0.1, 0.15) is 220 Å². The molecule has 3 saturated heterocycles. The molecule has 3 heterocycles. The monoisotopic (exact) mass is 1230 g/mol. The van der Waals surface area contributed by atoms with E-state index in [1.54, 1.807) is 6.08 Å². The van der Waals surface area contributed by atoms with Gasteiger partial charge in [-0.15, -0.1) is 0 Å². The van der Waals surface area contributed by atoms with Crippen LogP contribution in [0.15, 0.2) is 24.3 Å². The molecule has 86 heavy (non-hydrogen) atoms. The van der Waals surface area contributed by atoms with Crippen molar-refractivity contribution in [1.29, 1.82) is 0 Å². The zero-order valence-corrected chi connectivity index (χ0v) is 51.9. The molecule has 18 unspecified atom stereocenters. The Labute approximate surface area is 511 Å². The van der Waals surface area contributed by atoms with E-state index >= 15 is 0 Å². The van der Waals surface area contributed by atoms with Crippen LogP contribution in [-0.2, 0) is 42.8 Å². The molecule has 0 radical (unpaired) electrons. The van der Waals surface area contributed by atoms with Crippen molar-refractivity contribution in [3.63, 3.8) is 0 Å². The Balaban J connectivity index is 1.64. The summed E-state index contributed by atoms with van der Waals surface area (Å²) < 4.78 is 34.7. The third-order valence-electron chi connectivity index (χ3n) is 16.6. The van der Waals surface area contributed by atoms with Crippen molar-refractivity contribution >= 4 is 17.8 Å². The number of carboxylic acids is 1. The van der Waals surface area contributed by atoms with Crippen LogP contribution in [0.3, 0.4) is 0 Å². The first-order chi connectivity index (χ1) is 41.4. The van der Waals surface area contributed by atoms with Crippen LogP contribution < -0.4 is 10.6 Å². The number of aliphatic hydroxyl groups excluding tert-OH is 11. The number of hydrogen-bond acceptors (Lipinski definition) is 20. The summed E-state index contributed by atoms with van der Waals surface area (Å²) in [5, 5.41) is 136. The minimum atomic E-state index is -3.08. The molecule has 0 aromatic carbocycles. The molecule has 3 aliphatic rings. The maximum atomic E-state index is 13.4. The molecule has 3 rings (SSSR count). The van der Waals surface area contributed by atoms with E-state index in [0.717, 1.165) is 77.6 Å². The minimum Gasteiger partial charge on any atom is -0.477 e. The predicted octanol–water partition coefficient (Wildman–Crippen LogP) is 4.50. The summed E-state index contributed by atoms with van der Waals surface area (Å²) in [5.74, 6) is -6.15. The summed E-state index contributed by atoms with van der Waals surface area (Å²) in [7, 11) is 0. The maximum absolute atomic E-state index is 13.4. The van der Waals surface area contributed by atoms with E-state index in [9.17, 15) is 75.7 Å². The zero-order valence-electron chi connectivity index (χ0n) is 51.9. The minimum absolute atomic E-state index is 0.195. The molecular weight excluding hydrogens is 1120 g/mol. The fourth-order valence-electron chi connectivity index (χ4n) is 11.3. The van der Waals surface area contributed by atoms with Gasteiger partial charge in [0, 0.05) is 19.8 Å². The Kier molecular flexibility index (Phi) is 40.2. The quantitative estimate of drug-likeness (QED) is 0.0294. The molecule has 18 atom stereocenters. The molecule has 23 heteroatoms. The number of hydrogen-bond donors (Lipinski definition) is 14. The Bertz CT molecular complexity index is 1850. The van der Waals surface area contributed by atoms with Crippen LogP contribution in [0.4, 0.5) is 0 Å². The van der Waals surface area contributed by atoms with E-state index in [0.29, 0.717) is 12.8 Å². The van der Waals surface area contributed by atoms with Crippen molar-refractivity contribution in [2.75, 3.05) is 26.4 Å². The van der Waals surface area contributed by atoms with Gasteiger partial charge >= 0.3 is 5.97 Å². The Morgan fingerprint density at radius 3 is 1.59 bits per heavy atom. The number of carboxylic acid groups (broad SMARTS) is 1. The molecule has 502 valence electrons. The van der Waals surface area contributed by atoms with Gasteiger partial charge in [0.05, 0.1) is 50.7 Å². The van der Waals surface area contributed by atoms with Crippen LogP contribution in [0, 0.1) is 0 Å². The van der Waals surface area contributed by atoms with Crippen molar-refractivity contribution in [1.82, 2.24) is 10.6 Å². The lowest BCUT2D eigenvalue weighted by Crippen LogP contribution is -2.70. The first-order valence-electron chi connectivity index (χ1n) is 32.7. The van der Waals surface area contributed by atoms with E-state index in [4.69, 9.17) is 28.4 Å². The summed E-state index contributed by atoms with van der Waals surface area (Å²) in [4.78, 5) is 38.4. The fourth-order valence-corrected chi connectivity index (χ4v) is 11.3. The number of nitrogens with one attached hydrogen (secondary N) is 2. The number of carbonyl (C=O) groups is 3. The van der Waals surface area contributed by atoms with Crippen LogP contribution >= 0.6 is 0 Å². The van der Waals surface area contributed by atoms with Gasteiger partial charge in [-0.2, -0.15) is 0 Å². The van der Waals surface area contributed by atoms with E-state index in [1.165, 1.54) is 103 Å². The van der Waals surface area contributed by atoms with Crippen LogP contribution in [-0.4, -0.2) is 215 Å². The van der Waals surface area contributed by atoms with Gasteiger partial charge in [0.15, 0.2) is 12.6 Å². The average Bonchev–Trinajstić information content (AvgIpc) is 1.23. The highest BCUT2D eigenvalue weighted by Crippen LogP contribution is 2.38. The van der Waals surface area contributed by atoms with Crippen molar-refractivity contribution in [3.8, 4) is 0 Å². The van der Waals surface area contributed by atoms with Crippen molar-refractivity contribution < 1.29 is 104 Å². The Morgan fingerprint density at radius 1 is 0.605 bits per heavy atom. The standard InChI is InChI=1S/C63H114N2O21/c1-4-6-8-10-12-14-16-18-20-21-23-24-26-28-30-32-34-36-45(70)44(65-50(73)37-35-33-31-29-27-25-22-19-17-15-13-11-9-7-5-2)42-81-60-55(77)54(76)57(49(41-68)83-60)84-61-56(78)59(53(75)48(40-67)82-61)86-63(62(79)80)38-46(71)51(64-43(3)69)58(85-63)52(74)47(72)39-66/h15,17,34,36,44-49,51-61,66-68,70-72,74-78H,4-14,16,18-33,35,37-42H2,1-3H3,(H,64,69)(H,65,73)(H,79,80)/b17-15-,36-34+. The molecule has 0 bridgehead atoms. The van der Waals surface area contributed by atoms with E-state index in [-0.39, 0.29) is 12.3 Å². The second-order valence-electron chi connectivity index (χ2n) is 24.0. The highest BCUT2D eigenvalue weighted by atomic mass is 16.8. The van der Waals surface area contributed by atoms with Crippen molar-refractivity contribution in [2.45, 2.75) is 330 Å². The molecule has 2 amide bonds. The van der Waals surface area contributed by atoms with Gasteiger partial charge in [0.25, 0.3) is 5.79 Å². The van der Waals surface area contributed by atoms with Crippen LogP contribution in [0.5, 0.6) is 0 Å². The normalized spacial score (nSPS) is 29.5. The van der Waals surface area contributed by atoms with E-state index in [1.807, 2.05) is 6.08 Å². The third-order valence-corrected chi connectivity index (χ3v) is 16.6. The number of ether oxygens (including phenoxy) is 6. The summed E-state index contributed by atoms with van der Waals surface area (Å²) >= 11 is 0. The molecule has 23 nitrogen and oxygen atoms in total. The third kappa shape index (κ3) is 27.8. The largest absolute Gasteiger partial charge is 0.477 e. The van der Waals surface area contributed by atoms with E-state index in [2.05, 4.69) is 36.6 Å². The van der Waals surface area contributed by atoms with Gasteiger partial charge in [-0.3, -0.25) is 9.59 Å². The summed E-state index contributed by atoms with van der Waals surface area (Å²) in [6.45, 7) is 2.10.